The molecule has 2 aromatic rings. The Morgan fingerprint density at radius 1 is 1.08 bits per heavy atom. The summed E-state index contributed by atoms with van der Waals surface area (Å²) in [5.41, 5.74) is 3.21. The molecule has 1 N–H and O–H groups in total. The summed E-state index contributed by atoms with van der Waals surface area (Å²) in [5, 5.41) is 2.77. The van der Waals surface area contributed by atoms with Crippen molar-refractivity contribution in [2.24, 2.45) is 0 Å². The highest BCUT2D eigenvalue weighted by atomic mass is 16.6. The average Bonchev–Trinajstić information content (AvgIpc) is 2.61. The molecule has 26 heavy (non-hydrogen) atoms. The molecule has 0 aliphatic heterocycles. The van der Waals surface area contributed by atoms with Crippen molar-refractivity contribution in [1.82, 2.24) is 5.32 Å². The Labute approximate surface area is 154 Å². The maximum absolute atomic E-state index is 12.0. The Morgan fingerprint density at radius 2 is 1.81 bits per heavy atom. The third kappa shape index (κ3) is 6.24. The van der Waals surface area contributed by atoms with Gasteiger partial charge in [0, 0.05) is 6.54 Å². The zero-order chi connectivity index (χ0) is 18.9. The van der Waals surface area contributed by atoms with E-state index in [1.54, 1.807) is 6.92 Å². The fourth-order valence-corrected chi connectivity index (χ4v) is 2.50. The lowest BCUT2D eigenvalue weighted by Crippen LogP contribution is -2.37. The zero-order valence-corrected chi connectivity index (χ0v) is 15.5. The largest absolute Gasteiger partial charge is 0.482 e. The van der Waals surface area contributed by atoms with Crippen LogP contribution < -0.4 is 10.1 Å². The molecule has 1 amide bonds. The Kier molecular flexibility index (Phi) is 7.21. The van der Waals surface area contributed by atoms with E-state index in [1.807, 2.05) is 62.4 Å². The minimum absolute atomic E-state index is 0.231. The molecular formula is C21H25NO4. The van der Waals surface area contributed by atoms with E-state index in [2.05, 4.69) is 5.32 Å². The number of amides is 1. The summed E-state index contributed by atoms with van der Waals surface area (Å²) in [6.07, 6.45) is -0.135. The number of esters is 1. The SMILES string of the molecule is Cc1ccc(OCC(=O)O[C@@H](C)C(=O)NCCc2ccccc2)c(C)c1. The summed E-state index contributed by atoms with van der Waals surface area (Å²) >= 11 is 0. The molecule has 0 fully saturated rings. The fourth-order valence-electron chi connectivity index (χ4n) is 2.50. The number of hydrogen-bond donors (Lipinski definition) is 1. The minimum Gasteiger partial charge on any atom is -0.482 e. The topological polar surface area (TPSA) is 64.6 Å². The van der Waals surface area contributed by atoms with E-state index < -0.39 is 12.1 Å². The molecule has 2 rings (SSSR count). The van der Waals surface area contributed by atoms with Crippen LogP contribution >= 0.6 is 0 Å². The lowest BCUT2D eigenvalue weighted by atomic mass is 10.1. The minimum atomic E-state index is -0.860. The van der Waals surface area contributed by atoms with Crippen LogP contribution in [0.15, 0.2) is 48.5 Å². The van der Waals surface area contributed by atoms with Gasteiger partial charge in [-0.05, 0) is 44.4 Å². The van der Waals surface area contributed by atoms with Gasteiger partial charge in [0.05, 0.1) is 0 Å². The number of hydrogen-bond acceptors (Lipinski definition) is 4. The first-order valence-electron chi connectivity index (χ1n) is 8.67. The Balaban J connectivity index is 1.71. The average molecular weight is 355 g/mol. The van der Waals surface area contributed by atoms with Crippen molar-refractivity contribution in [3.63, 3.8) is 0 Å². The van der Waals surface area contributed by atoms with Crippen LogP contribution in [-0.4, -0.2) is 31.1 Å². The van der Waals surface area contributed by atoms with E-state index in [0.29, 0.717) is 12.3 Å². The number of carbonyl (C=O) groups excluding carboxylic acids is 2. The number of benzene rings is 2. The molecule has 0 aliphatic carbocycles. The molecule has 0 saturated heterocycles. The summed E-state index contributed by atoms with van der Waals surface area (Å²) in [7, 11) is 0. The van der Waals surface area contributed by atoms with Crippen LogP contribution in [0.1, 0.15) is 23.6 Å². The van der Waals surface area contributed by atoms with E-state index in [1.165, 1.54) is 0 Å². The Hall–Kier alpha value is -2.82. The standard InChI is InChI=1S/C21H25NO4/c1-15-9-10-19(16(2)13-15)25-14-20(23)26-17(3)21(24)22-12-11-18-7-5-4-6-8-18/h4-10,13,17H,11-12,14H2,1-3H3,(H,22,24)/t17-/m0/s1. The molecule has 5 heteroatoms. The van der Waals surface area contributed by atoms with Gasteiger partial charge >= 0.3 is 5.97 Å². The van der Waals surface area contributed by atoms with Crippen LogP contribution in [0.3, 0.4) is 0 Å². The van der Waals surface area contributed by atoms with Gasteiger partial charge in [-0.1, -0.05) is 48.0 Å². The van der Waals surface area contributed by atoms with Crippen LogP contribution in [0.4, 0.5) is 0 Å². The zero-order valence-electron chi connectivity index (χ0n) is 15.5. The van der Waals surface area contributed by atoms with Gasteiger partial charge in [-0.3, -0.25) is 4.79 Å². The first-order valence-corrected chi connectivity index (χ1v) is 8.67. The summed E-state index contributed by atoms with van der Waals surface area (Å²) in [5.74, 6) is -0.260. The molecule has 138 valence electrons. The molecule has 1 atom stereocenters. The van der Waals surface area contributed by atoms with Crippen LogP contribution in [0, 0.1) is 13.8 Å². The molecule has 0 unspecified atom stereocenters. The normalized spacial score (nSPS) is 11.5. The monoisotopic (exact) mass is 355 g/mol. The molecular weight excluding hydrogens is 330 g/mol. The van der Waals surface area contributed by atoms with Gasteiger partial charge in [-0.25, -0.2) is 4.79 Å². The van der Waals surface area contributed by atoms with Crippen molar-refractivity contribution in [2.75, 3.05) is 13.2 Å². The molecule has 0 heterocycles. The summed E-state index contributed by atoms with van der Waals surface area (Å²) in [6, 6.07) is 15.6. The van der Waals surface area contributed by atoms with Gasteiger partial charge in [0.1, 0.15) is 5.75 Å². The lowest BCUT2D eigenvalue weighted by molar-refractivity contribution is -0.156. The first-order chi connectivity index (χ1) is 12.5. The van der Waals surface area contributed by atoms with Crippen molar-refractivity contribution in [3.8, 4) is 5.75 Å². The van der Waals surface area contributed by atoms with Crippen molar-refractivity contribution < 1.29 is 19.1 Å². The lowest BCUT2D eigenvalue weighted by Gasteiger charge is -2.14. The predicted molar refractivity (Wildman–Crippen MR) is 100 cm³/mol. The van der Waals surface area contributed by atoms with Crippen molar-refractivity contribution >= 4 is 11.9 Å². The molecule has 0 aromatic heterocycles. The van der Waals surface area contributed by atoms with Crippen molar-refractivity contribution in [2.45, 2.75) is 33.3 Å². The van der Waals surface area contributed by atoms with Gasteiger partial charge in [0.25, 0.3) is 5.91 Å². The van der Waals surface area contributed by atoms with E-state index in [-0.39, 0.29) is 12.5 Å². The summed E-state index contributed by atoms with van der Waals surface area (Å²) in [4.78, 5) is 23.9. The van der Waals surface area contributed by atoms with E-state index in [4.69, 9.17) is 9.47 Å². The molecule has 0 saturated carbocycles. The van der Waals surface area contributed by atoms with Gasteiger partial charge in [0.15, 0.2) is 12.7 Å². The molecule has 2 aromatic carbocycles. The Bertz CT molecular complexity index is 743. The van der Waals surface area contributed by atoms with Crippen LogP contribution in [0.2, 0.25) is 0 Å². The third-order valence-electron chi connectivity index (χ3n) is 3.91. The molecule has 5 nitrogen and oxygen atoms in total. The highest BCUT2D eigenvalue weighted by molar-refractivity contribution is 5.83. The third-order valence-corrected chi connectivity index (χ3v) is 3.91. The number of nitrogens with one attached hydrogen (secondary N) is 1. The summed E-state index contributed by atoms with van der Waals surface area (Å²) in [6.45, 7) is 5.71. The number of carbonyl (C=O) groups is 2. The molecule has 0 spiro atoms. The maximum atomic E-state index is 12.0. The van der Waals surface area contributed by atoms with E-state index in [0.717, 1.165) is 23.1 Å². The van der Waals surface area contributed by atoms with Crippen LogP contribution in [0.25, 0.3) is 0 Å². The van der Waals surface area contributed by atoms with Crippen LogP contribution in [0.5, 0.6) is 5.75 Å². The summed E-state index contributed by atoms with van der Waals surface area (Å²) < 4.78 is 10.6. The van der Waals surface area contributed by atoms with Gasteiger partial charge in [-0.2, -0.15) is 0 Å². The highest BCUT2D eigenvalue weighted by Crippen LogP contribution is 2.18. The number of ether oxygens (including phenoxy) is 2. The number of aryl methyl sites for hydroxylation is 2. The smallest absolute Gasteiger partial charge is 0.344 e. The van der Waals surface area contributed by atoms with Crippen molar-refractivity contribution in [3.05, 3.63) is 65.2 Å². The second-order valence-electron chi connectivity index (χ2n) is 6.22. The number of rotatable bonds is 8. The maximum Gasteiger partial charge on any atom is 0.344 e. The first kappa shape index (κ1) is 19.5. The second kappa shape index (κ2) is 9.61. The molecule has 0 radical (unpaired) electrons. The fraction of sp³-hybridized carbons (Fsp3) is 0.333. The Morgan fingerprint density at radius 3 is 2.50 bits per heavy atom. The van der Waals surface area contributed by atoms with Crippen LogP contribution in [-0.2, 0) is 20.7 Å². The predicted octanol–water partition coefficient (Wildman–Crippen LogP) is 2.97. The molecule has 0 aliphatic rings. The van der Waals surface area contributed by atoms with E-state index >= 15 is 0 Å². The second-order valence-corrected chi connectivity index (χ2v) is 6.22. The van der Waals surface area contributed by atoms with E-state index in [9.17, 15) is 9.59 Å². The van der Waals surface area contributed by atoms with Crippen molar-refractivity contribution in [1.29, 1.82) is 0 Å². The highest BCUT2D eigenvalue weighted by Gasteiger charge is 2.18. The van der Waals surface area contributed by atoms with Gasteiger partial charge in [0.2, 0.25) is 0 Å². The molecule has 0 bridgehead atoms. The van der Waals surface area contributed by atoms with Gasteiger partial charge in [-0.15, -0.1) is 0 Å². The van der Waals surface area contributed by atoms with Gasteiger partial charge < -0.3 is 14.8 Å². The quantitative estimate of drug-likeness (QED) is 0.740.